The molecule has 0 saturated carbocycles. The van der Waals surface area contributed by atoms with Crippen LogP contribution in [0.4, 0.5) is 0 Å². The van der Waals surface area contributed by atoms with Gasteiger partial charge in [-0.25, -0.2) is 8.42 Å². The Morgan fingerprint density at radius 1 is 1.17 bits per heavy atom. The number of rotatable bonds is 6. The van der Waals surface area contributed by atoms with Crippen LogP contribution >= 0.6 is 0 Å². The quantitative estimate of drug-likeness (QED) is 0.443. The molecule has 0 spiro atoms. The zero-order chi connectivity index (χ0) is 13.3. The first-order valence-electron chi connectivity index (χ1n) is 5.63. The molecule has 18 heavy (non-hydrogen) atoms. The van der Waals surface area contributed by atoms with Crippen LogP contribution in [0, 0.1) is 11.8 Å². The lowest BCUT2D eigenvalue weighted by molar-refractivity contribution is 0.163. The minimum Gasteiger partial charge on any atom is -0.748 e. The lowest BCUT2D eigenvalue weighted by atomic mass is 10.2. The molecule has 98 valence electrons. The maximum atomic E-state index is 10.3. The molecule has 0 N–H and O–H groups in total. The van der Waals surface area contributed by atoms with Gasteiger partial charge in [-0.05, 0) is 25.0 Å². The van der Waals surface area contributed by atoms with Crippen molar-refractivity contribution in [3.63, 3.8) is 0 Å². The largest absolute Gasteiger partial charge is 0.748 e. The zero-order valence-electron chi connectivity index (χ0n) is 9.96. The van der Waals surface area contributed by atoms with Gasteiger partial charge in [0.2, 0.25) is 0 Å². The van der Waals surface area contributed by atoms with Gasteiger partial charge in [-0.1, -0.05) is 30.0 Å². The third kappa shape index (κ3) is 7.85. The van der Waals surface area contributed by atoms with E-state index in [1.807, 2.05) is 30.3 Å². The van der Waals surface area contributed by atoms with Crippen LogP contribution in [-0.2, 0) is 14.9 Å². The van der Waals surface area contributed by atoms with Crippen molar-refractivity contribution in [2.75, 3.05) is 19.0 Å². The van der Waals surface area contributed by atoms with Gasteiger partial charge in [-0.15, -0.1) is 0 Å². The first-order valence-corrected chi connectivity index (χ1v) is 7.21. The summed E-state index contributed by atoms with van der Waals surface area (Å²) in [6.07, 6.45) is 0.881. The summed E-state index contributed by atoms with van der Waals surface area (Å²) in [5, 5.41) is 0. The topological polar surface area (TPSA) is 66.4 Å². The summed E-state index contributed by atoms with van der Waals surface area (Å²) in [4.78, 5) is 0. The molecule has 0 aliphatic carbocycles. The molecule has 4 nitrogen and oxygen atoms in total. The highest BCUT2D eigenvalue weighted by Crippen LogP contribution is 1.96. The van der Waals surface area contributed by atoms with Crippen LogP contribution in [0.2, 0.25) is 0 Å². The molecule has 1 rings (SSSR count). The SMILES string of the molecule is O=S(=O)([O-])CCCCOCC#Cc1ccccc1. The Hall–Kier alpha value is -1.35. The molecular formula is C13H15O4S-. The second-order valence-electron chi connectivity index (χ2n) is 3.69. The fourth-order valence-electron chi connectivity index (χ4n) is 1.27. The fraction of sp³-hybridized carbons (Fsp3) is 0.385. The monoisotopic (exact) mass is 267 g/mol. The van der Waals surface area contributed by atoms with Crippen LogP contribution in [-0.4, -0.2) is 31.9 Å². The van der Waals surface area contributed by atoms with Gasteiger partial charge in [0, 0.05) is 17.9 Å². The molecular weight excluding hydrogens is 252 g/mol. The Kier molecular flexibility index (Phi) is 6.44. The van der Waals surface area contributed by atoms with Gasteiger partial charge in [0.1, 0.15) is 6.61 Å². The lowest BCUT2D eigenvalue weighted by Gasteiger charge is -2.05. The highest BCUT2D eigenvalue weighted by atomic mass is 32.2. The molecule has 0 aliphatic heterocycles. The van der Waals surface area contributed by atoms with Crippen LogP contribution in [0.1, 0.15) is 18.4 Å². The van der Waals surface area contributed by atoms with Gasteiger partial charge in [-0.3, -0.25) is 0 Å². The summed E-state index contributed by atoms with van der Waals surface area (Å²) >= 11 is 0. The first kappa shape index (κ1) is 14.7. The average molecular weight is 267 g/mol. The van der Waals surface area contributed by atoms with E-state index in [2.05, 4.69) is 11.8 Å². The maximum absolute atomic E-state index is 10.3. The highest BCUT2D eigenvalue weighted by Gasteiger charge is 1.94. The van der Waals surface area contributed by atoms with E-state index in [9.17, 15) is 13.0 Å². The Morgan fingerprint density at radius 2 is 1.89 bits per heavy atom. The molecule has 0 aliphatic rings. The summed E-state index contributed by atoms with van der Waals surface area (Å²) in [7, 11) is -4.09. The predicted octanol–water partition coefficient (Wildman–Crippen LogP) is 1.38. The molecule has 1 aromatic rings. The van der Waals surface area contributed by atoms with E-state index in [1.54, 1.807) is 0 Å². The Balaban J connectivity index is 2.08. The Labute approximate surface area is 108 Å². The van der Waals surface area contributed by atoms with Crippen LogP contribution < -0.4 is 0 Å². The highest BCUT2D eigenvalue weighted by molar-refractivity contribution is 7.85. The number of hydrogen-bond acceptors (Lipinski definition) is 4. The van der Waals surface area contributed by atoms with Crippen molar-refractivity contribution >= 4 is 10.1 Å². The van der Waals surface area contributed by atoms with Gasteiger partial charge < -0.3 is 9.29 Å². The molecule has 0 saturated heterocycles. The van der Waals surface area contributed by atoms with E-state index < -0.39 is 10.1 Å². The molecule has 1 aromatic carbocycles. The molecule has 0 aromatic heterocycles. The van der Waals surface area contributed by atoms with Crippen molar-refractivity contribution in [2.24, 2.45) is 0 Å². The molecule has 0 fully saturated rings. The summed E-state index contributed by atoms with van der Waals surface area (Å²) in [5.74, 6) is 5.47. The maximum Gasteiger partial charge on any atom is 0.108 e. The van der Waals surface area contributed by atoms with E-state index in [4.69, 9.17) is 4.74 Å². The van der Waals surface area contributed by atoms with E-state index in [0.717, 1.165) is 5.56 Å². The minimum atomic E-state index is -4.09. The van der Waals surface area contributed by atoms with Crippen LogP contribution in [0.15, 0.2) is 30.3 Å². The summed E-state index contributed by atoms with van der Waals surface area (Å²) in [6, 6.07) is 9.56. The summed E-state index contributed by atoms with van der Waals surface area (Å²) < 4.78 is 36.1. The van der Waals surface area contributed by atoms with Crippen molar-refractivity contribution in [3.8, 4) is 11.8 Å². The summed E-state index contributed by atoms with van der Waals surface area (Å²) in [5.41, 5.74) is 0.929. The van der Waals surface area contributed by atoms with E-state index in [0.29, 0.717) is 26.1 Å². The van der Waals surface area contributed by atoms with E-state index >= 15 is 0 Å². The van der Waals surface area contributed by atoms with Crippen molar-refractivity contribution in [1.29, 1.82) is 0 Å². The third-order valence-electron chi connectivity index (χ3n) is 2.11. The predicted molar refractivity (Wildman–Crippen MR) is 67.9 cm³/mol. The lowest BCUT2D eigenvalue weighted by Crippen LogP contribution is -2.05. The van der Waals surface area contributed by atoms with E-state index in [-0.39, 0.29) is 5.75 Å². The van der Waals surface area contributed by atoms with Crippen molar-refractivity contribution in [1.82, 2.24) is 0 Å². The molecule has 0 bridgehead atoms. The molecule has 0 unspecified atom stereocenters. The molecule has 5 heteroatoms. The zero-order valence-corrected chi connectivity index (χ0v) is 10.8. The van der Waals surface area contributed by atoms with Gasteiger partial charge in [-0.2, -0.15) is 0 Å². The van der Waals surface area contributed by atoms with Gasteiger partial charge >= 0.3 is 0 Å². The Morgan fingerprint density at radius 3 is 2.56 bits per heavy atom. The molecule has 0 radical (unpaired) electrons. The van der Waals surface area contributed by atoms with Crippen molar-refractivity contribution in [3.05, 3.63) is 35.9 Å². The minimum absolute atomic E-state index is 0.305. The van der Waals surface area contributed by atoms with Gasteiger partial charge in [0.05, 0.1) is 10.1 Å². The fourth-order valence-corrected chi connectivity index (χ4v) is 1.82. The number of hydrogen-bond donors (Lipinski definition) is 0. The number of benzene rings is 1. The molecule has 0 atom stereocenters. The first-order chi connectivity index (χ1) is 8.58. The normalized spacial score (nSPS) is 10.7. The number of unbranched alkanes of at least 4 members (excludes halogenated alkanes) is 1. The number of ether oxygens (including phenoxy) is 1. The van der Waals surface area contributed by atoms with Gasteiger partial charge in [0.15, 0.2) is 0 Å². The smallest absolute Gasteiger partial charge is 0.108 e. The third-order valence-corrected chi connectivity index (χ3v) is 2.90. The van der Waals surface area contributed by atoms with Crippen molar-refractivity contribution < 1.29 is 17.7 Å². The van der Waals surface area contributed by atoms with Crippen LogP contribution in [0.5, 0.6) is 0 Å². The van der Waals surface area contributed by atoms with Crippen LogP contribution in [0.3, 0.4) is 0 Å². The summed E-state index contributed by atoms with van der Waals surface area (Å²) in [6.45, 7) is 0.720. The Bertz CT molecular complexity index is 497. The van der Waals surface area contributed by atoms with Crippen LogP contribution in [0.25, 0.3) is 0 Å². The standard InChI is InChI=1S/C13H16O4S/c14-18(15,16)12-5-4-10-17-11-6-9-13-7-2-1-3-8-13/h1-3,7-8H,4-5,10-12H2,(H,14,15,16)/p-1. The molecule has 0 heterocycles. The van der Waals surface area contributed by atoms with E-state index in [1.165, 1.54) is 0 Å². The molecule has 0 amide bonds. The second kappa shape index (κ2) is 7.88. The second-order valence-corrected chi connectivity index (χ2v) is 5.21. The van der Waals surface area contributed by atoms with Gasteiger partial charge in [0.25, 0.3) is 0 Å². The van der Waals surface area contributed by atoms with Crippen molar-refractivity contribution in [2.45, 2.75) is 12.8 Å². The average Bonchev–Trinajstić information content (AvgIpc) is 2.32.